The molecule has 4 aliphatic heterocycles. The molecule has 8 heterocycles. The summed E-state index contributed by atoms with van der Waals surface area (Å²) >= 11 is 70.3. The minimum absolute atomic E-state index is 0. The van der Waals surface area contributed by atoms with E-state index >= 15 is 0 Å². The van der Waals surface area contributed by atoms with Crippen LogP contribution in [0.2, 0.25) is 20.1 Å². The Morgan fingerprint density at radius 2 is 0.828 bits per heavy atom. The van der Waals surface area contributed by atoms with E-state index in [0.29, 0.717) is 89.7 Å². The summed E-state index contributed by atoms with van der Waals surface area (Å²) in [5.41, 5.74) is 10.7. The van der Waals surface area contributed by atoms with E-state index < -0.39 is 102 Å². The molecule has 0 saturated carbocycles. The van der Waals surface area contributed by atoms with Crippen LogP contribution in [0.15, 0.2) is 152 Å². The highest BCUT2D eigenvalue weighted by atomic mass is 79.9. The number of fused-ring (bicyclic) bond motifs is 2. The van der Waals surface area contributed by atoms with Crippen molar-refractivity contribution in [3.8, 4) is 22.3 Å². The van der Waals surface area contributed by atoms with Crippen LogP contribution in [0, 0.1) is 13.8 Å². The zero-order chi connectivity index (χ0) is 106. The molecular weight excluding hydrogens is 2570 g/mol. The molecule has 4 saturated heterocycles. The maximum absolute atomic E-state index is 14.5. The van der Waals surface area contributed by atoms with Crippen molar-refractivity contribution >= 4 is 395 Å². The van der Waals surface area contributed by atoms with Gasteiger partial charge in [0.05, 0.1) is 79.5 Å². The lowest BCUT2D eigenvalue weighted by molar-refractivity contribution is -0.142. The molecule has 788 valence electrons. The maximum Gasteiger partial charge on any atom is 0.411 e. The van der Waals surface area contributed by atoms with Crippen LogP contribution in [-0.2, 0) is 194 Å². The Balaban J connectivity index is 0.000000593. The number of halogens is 14. The van der Waals surface area contributed by atoms with E-state index in [9.17, 15) is 65.5 Å². The summed E-state index contributed by atoms with van der Waals surface area (Å²) in [4.78, 5) is 141. The number of hydrogen-bond acceptors (Lipinski definition) is 28. The van der Waals surface area contributed by atoms with E-state index in [1.807, 2.05) is 30.3 Å². The number of Topliss-reactive ketones (excluding diaryl/α,β-unsaturated/α-hetero) is 2. The predicted octanol–water partition coefficient (Wildman–Crippen LogP) is 19.2. The number of benzene rings is 6. The fraction of sp³-hybridized carbons (Fsp3) is 0.349. The Morgan fingerprint density at radius 1 is 0.490 bits per heavy atom. The summed E-state index contributed by atoms with van der Waals surface area (Å²) in [6.45, 7) is 15.6. The molecule has 59 heteroatoms. The number of amides is 6. The van der Waals surface area contributed by atoms with Crippen molar-refractivity contribution < 1.29 is 85.2 Å². The van der Waals surface area contributed by atoms with Crippen molar-refractivity contribution in [2.75, 3.05) is 47.9 Å². The smallest absolute Gasteiger partial charge is 0.411 e. The summed E-state index contributed by atoms with van der Waals surface area (Å²) in [6, 6.07) is 28.0. The molecule has 0 unspecified atom stereocenters. The minimum Gasteiger partial charge on any atom is -0.480 e. The number of nitrogen functional groups attached to an aromatic ring is 1. The molecule has 0 aliphatic carbocycles. The first-order valence-electron chi connectivity index (χ1n) is 40.9. The van der Waals surface area contributed by atoms with Gasteiger partial charge in [0.2, 0.25) is 23.6 Å². The average molecular weight is 2660 g/mol. The zero-order valence-electron chi connectivity index (χ0n) is 77.2. The molecule has 8 N–H and O–H groups in total. The van der Waals surface area contributed by atoms with Gasteiger partial charge in [-0.3, -0.25) is 52.7 Å². The molecule has 30 nitrogen and oxygen atoms in total. The topological polar surface area (TPSA) is 401 Å². The van der Waals surface area contributed by atoms with Crippen LogP contribution >= 0.6 is 148 Å². The molecule has 4 aromatic heterocycles. The van der Waals surface area contributed by atoms with Crippen LogP contribution in [0.5, 0.6) is 0 Å². The second-order valence-electron chi connectivity index (χ2n) is 31.8. The highest BCUT2D eigenvalue weighted by Crippen LogP contribution is 2.37. The van der Waals surface area contributed by atoms with Crippen LogP contribution in [0.3, 0.4) is 0 Å². The van der Waals surface area contributed by atoms with Gasteiger partial charge in [-0.05, 0) is 203 Å². The lowest BCUT2D eigenvalue weighted by Crippen LogP contribution is -2.45. The van der Waals surface area contributed by atoms with Gasteiger partial charge in [-0.2, -0.15) is 23.7 Å². The Morgan fingerprint density at radius 3 is 1.14 bits per heavy atom. The van der Waals surface area contributed by atoms with E-state index in [1.54, 1.807) is 159 Å². The Kier molecular flexibility index (Phi) is 61.8. The van der Waals surface area contributed by atoms with Gasteiger partial charge in [0.25, 0.3) is 0 Å². The lowest BCUT2D eigenvalue weighted by Gasteiger charge is -2.27. The third kappa shape index (κ3) is 43.4. The molecule has 0 spiro atoms. The third-order valence-corrected chi connectivity index (χ3v) is 31.1. The third-order valence-electron chi connectivity index (χ3n) is 19.3. The Bertz CT molecular complexity index is 6470. The summed E-state index contributed by atoms with van der Waals surface area (Å²) in [5, 5.41) is 40.0. The van der Waals surface area contributed by atoms with Gasteiger partial charge in [0.15, 0.2) is 11.6 Å². The lowest BCUT2D eigenvalue weighted by atomic mass is 10.0. The number of carbonyl (C=O) groups is 10. The van der Waals surface area contributed by atoms with E-state index in [1.165, 1.54) is 72.5 Å². The van der Waals surface area contributed by atoms with E-state index in [2.05, 4.69) is 205 Å². The number of rotatable bonds is 15. The Labute approximate surface area is 962 Å². The molecule has 8 atom stereocenters. The molecule has 10 aromatic rings. The highest BCUT2D eigenvalue weighted by Gasteiger charge is 2.45. The van der Waals surface area contributed by atoms with Crippen LogP contribution in [-0.4, -0.2) is 210 Å². The minimum atomic E-state index is -1.36. The van der Waals surface area contributed by atoms with Gasteiger partial charge in [-0.1, -0.05) is 82.8 Å². The number of hydrogen-bond donors (Lipinski definition) is 7. The number of ketones is 2. The van der Waals surface area contributed by atoms with Crippen molar-refractivity contribution in [1.82, 2.24) is 59.5 Å². The van der Waals surface area contributed by atoms with Crippen LogP contribution in [0.25, 0.3) is 44.1 Å². The largest absolute Gasteiger partial charge is 0.480 e. The van der Waals surface area contributed by atoms with Crippen molar-refractivity contribution in [1.29, 1.82) is 0 Å². The number of aliphatic carboxylic acids is 2. The number of ether oxygens (including phenoxy) is 2. The van der Waals surface area contributed by atoms with Crippen LogP contribution in [0.4, 0.5) is 49.9 Å². The molecule has 145 heavy (non-hydrogen) atoms. The molecule has 4 aliphatic rings. The van der Waals surface area contributed by atoms with Crippen molar-refractivity contribution in [3.05, 3.63) is 195 Å². The highest BCUT2D eigenvalue weighted by molar-refractivity contribution is 9.11. The normalized spacial score (nSPS) is 16.4. The molecule has 14 rings (SSSR count). The van der Waals surface area contributed by atoms with Crippen molar-refractivity contribution in [3.63, 3.8) is 0 Å². The van der Waals surface area contributed by atoms with Crippen molar-refractivity contribution in [2.45, 2.75) is 168 Å². The van der Waals surface area contributed by atoms with Gasteiger partial charge in [-0.25, -0.2) is 51.9 Å². The first-order valence-corrected chi connectivity index (χ1v) is 58.9. The summed E-state index contributed by atoms with van der Waals surface area (Å²) in [7, 11) is 7.21. The van der Waals surface area contributed by atoms with Gasteiger partial charge >= 0.3 is 24.1 Å². The van der Waals surface area contributed by atoms with E-state index in [-0.39, 0.29) is 132 Å². The molecule has 0 radical (unpaired) electrons. The number of nitrogens with two attached hydrogens (primary N) is 1. The number of aryl methyl sites for hydroxylation is 2. The molecule has 4 fully saturated rings. The number of alkyl halides is 4. The fourth-order valence-electron chi connectivity index (χ4n) is 13.2. The number of carboxylic acid groups (broad SMARTS) is 2. The number of anilines is 4. The van der Waals surface area contributed by atoms with Crippen LogP contribution < -0.4 is 27.0 Å². The number of likely N-dealkylation sites (tertiary alicyclic amines) is 3. The second kappa shape index (κ2) is 66.5. The number of carbonyl (C=O) groups excluding carboxylic acids is 8. The van der Waals surface area contributed by atoms with Crippen LogP contribution in [0.1, 0.15) is 114 Å². The molecule has 6 aromatic carbocycles. The Hall–Kier alpha value is -6.31. The second-order valence-corrected chi connectivity index (χ2v) is 47.4. The summed E-state index contributed by atoms with van der Waals surface area (Å²) in [5.74, 6) is -3.17. The standard InChI is InChI=1S/C27H23BrClFN6O3.C16H19BrClFN2O3.C16H14N4O3.C11H11BrClFN2O.C10H16FNO4.C6H5BrClN.2ClH.S5.S4.S3.S2.H2S/c1-14(37)26-19-8-16(17-10-31-15(2)32-11-17)6-7-22(19)36(34-26)13-24(38)35-12-18(30)9-23(35)27(39)33-21-5-3-4-20(28)25(21)29;1-16(2,3)24-15(23)21-8-9(19)7-12(21)14(22)20-11-6-4-5-10(17)13(11)18;1-9(21)16-13-5-11(12-6-17-10(2)18-7-12)3-4-14(13)20(19-16)8-15(22)23;12-7-2-1-3-8(10(7)13)16-11(17)9-4-6(14)5-15-9;1-10(2,3)16-9(15)12-5-6(11)4-7(12)8(13)14;7-4-2-1-3-5(9)6(4)8;;;1-3-5-4-2;1-3-4-2;1-3-2;1-2;/h3-8,10-11,18,23H,9,12-13H2,1-2H3,(H,33,39);4-6,9,12H,7-8H2,1-3H3,(H,20,22);3-7H,8H2,1-2H3,(H,22,23);1-3,6,9,15H,4-5H2,(H,16,17);6-7H,4-5H2,1-3H3,(H,13,14);1-3H,9H2;2*1H;;;;;1H2/t18-,23+;9-,12+;;6-,9+;6-,7+;;;;;;;;/m11.11......../s1. The van der Waals surface area contributed by atoms with Crippen molar-refractivity contribution in [2.24, 2.45) is 0 Å². The number of aromatic nitrogens is 8. The maximum atomic E-state index is 14.5. The number of nitrogens with zero attached hydrogens (tertiary/aromatic N) is 11. The van der Waals surface area contributed by atoms with Gasteiger partial charge in [0.1, 0.15) is 90.1 Å². The fourth-order valence-corrected chi connectivity index (χ4v) is 18.1. The molecule has 0 bridgehead atoms. The number of carboxylic acids is 2. The number of nitrogens with one attached hydrogen (secondary N) is 4. The SMILES string of the molecule is CC(=O)c1nn(CC(=O)N2C[C@H](F)C[C@H]2C(=O)Nc2cccc(Br)c2Cl)c2ccc(-c3cnc(C)nc3)cc12.CC(=O)c1nn(CC(=O)O)c2ccc(-c3cnc(C)nc3)cc12.CC(C)(C)OC(=O)N1C[C@H](F)C[C@H]1C(=O)Nc1cccc(Br)c1Cl.CC(C)(C)OC(=O)N1C[C@H](F)C[C@H]1C(=O)O.Cl.Cl.Nc1cccc(Br)c1Cl.O=C(Nc1cccc(Br)c1Cl)[C@@H]1C[C@@H](F)CN1.S.S=S.S=S=S.S=S=S=S.S=S=S=S=S. The van der Waals surface area contributed by atoms with E-state index in [0.717, 1.165) is 45.4 Å². The zero-order valence-corrected chi connectivity index (χ0v) is 101. The van der Waals surface area contributed by atoms with E-state index in [4.69, 9.17) is 71.8 Å². The first kappa shape index (κ1) is 135. The first-order chi connectivity index (χ1) is 66.9. The van der Waals surface area contributed by atoms with Gasteiger partial charge in [-0.15, -0.1) is 24.8 Å². The average Bonchev–Trinajstić information content (AvgIpc) is 1.63. The predicted molar refractivity (Wildman–Crippen MR) is 620 cm³/mol. The quantitative estimate of drug-likeness (QED) is 0.0285. The molecule has 6 amide bonds. The monoisotopic (exact) mass is 2650 g/mol. The van der Waals surface area contributed by atoms with Gasteiger partial charge in [0, 0.05) is 253 Å². The van der Waals surface area contributed by atoms with Gasteiger partial charge < -0.3 is 51.6 Å². The molecular formula is C86H92Br4Cl6F4N16O14S15. The summed E-state index contributed by atoms with van der Waals surface area (Å²) in [6.07, 6.45) is 0.260. The summed E-state index contributed by atoms with van der Waals surface area (Å²) < 4.78 is 70.0.